The van der Waals surface area contributed by atoms with Gasteiger partial charge in [-0.1, -0.05) is 23.2 Å². The van der Waals surface area contributed by atoms with Gasteiger partial charge in [0.25, 0.3) is 0 Å². The zero-order valence-corrected chi connectivity index (χ0v) is 23.7. The van der Waals surface area contributed by atoms with Crippen molar-refractivity contribution < 1.29 is 33.6 Å². The van der Waals surface area contributed by atoms with Crippen LogP contribution in [0.15, 0.2) is 48.9 Å². The van der Waals surface area contributed by atoms with Crippen molar-refractivity contribution in [3.05, 3.63) is 70.1 Å². The number of benzene rings is 2. The highest BCUT2D eigenvalue weighted by Crippen LogP contribution is 2.32. The first-order valence-corrected chi connectivity index (χ1v) is 13.7. The summed E-state index contributed by atoms with van der Waals surface area (Å²) >= 11 is 12.0. The number of aromatic nitrogens is 3. The number of nitrogens with two attached hydrogens (primary N) is 1. The van der Waals surface area contributed by atoms with Gasteiger partial charge < -0.3 is 40.4 Å². The van der Waals surface area contributed by atoms with Crippen LogP contribution in [0.5, 0.6) is 5.75 Å². The number of urea groups is 1. The molecule has 13 nitrogen and oxygen atoms in total. The number of carbonyl (C=O) groups is 2. The van der Waals surface area contributed by atoms with Crippen LogP contribution < -0.4 is 21.1 Å². The number of nitrogens with zero attached hydrogens (tertiary/aromatic N) is 3. The predicted molar refractivity (Wildman–Crippen MR) is 152 cm³/mol. The zero-order valence-electron chi connectivity index (χ0n) is 21.3. The van der Waals surface area contributed by atoms with Crippen molar-refractivity contribution in [3.63, 3.8) is 0 Å². The lowest BCUT2D eigenvalue weighted by Crippen LogP contribution is -2.20. The van der Waals surface area contributed by atoms with Crippen molar-refractivity contribution in [1.82, 2.24) is 14.5 Å². The fourth-order valence-electron chi connectivity index (χ4n) is 3.64. The fraction of sp³-hybridized carbons (Fsp3) is 0.167. The van der Waals surface area contributed by atoms with Crippen LogP contribution in [0.3, 0.4) is 0 Å². The molecule has 4 rings (SSSR count). The minimum Gasteiger partial charge on any atom is -0.495 e. The minimum atomic E-state index is -4.64. The lowest BCUT2D eigenvalue weighted by atomic mass is 10.0. The molecule has 7 N–H and O–H groups in total. The van der Waals surface area contributed by atoms with E-state index in [4.69, 9.17) is 52.9 Å². The van der Waals surface area contributed by atoms with E-state index < -0.39 is 13.9 Å². The Morgan fingerprint density at radius 1 is 1.05 bits per heavy atom. The first-order valence-electron chi connectivity index (χ1n) is 11.3. The largest absolute Gasteiger partial charge is 0.495 e. The monoisotopic (exact) mass is 610 g/mol. The maximum absolute atomic E-state index is 13.5. The summed E-state index contributed by atoms with van der Waals surface area (Å²) in [6.45, 7) is 3.96. The lowest BCUT2D eigenvalue weighted by molar-refractivity contribution is 0.104. The number of ether oxygens (including phenoxy) is 1. The maximum atomic E-state index is 13.5. The molecule has 0 aliphatic rings. The second kappa shape index (κ2) is 12.6. The molecule has 2 aromatic heterocycles. The smallest absolute Gasteiger partial charge is 0.466 e. The lowest BCUT2D eigenvalue weighted by Gasteiger charge is -2.13. The van der Waals surface area contributed by atoms with Crippen LogP contribution in [0.1, 0.15) is 35.8 Å². The van der Waals surface area contributed by atoms with E-state index in [0.29, 0.717) is 38.6 Å². The van der Waals surface area contributed by atoms with E-state index in [9.17, 15) is 9.59 Å². The summed E-state index contributed by atoms with van der Waals surface area (Å²) in [5.74, 6) is 0.276. The Balaban J connectivity index is 0.000000810. The second-order valence-corrected chi connectivity index (χ2v) is 10.3. The third kappa shape index (κ3) is 7.69. The Morgan fingerprint density at radius 3 is 2.30 bits per heavy atom. The molecule has 0 spiro atoms. The van der Waals surface area contributed by atoms with Crippen molar-refractivity contribution in [3.8, 4) is 5.75 Å². The van der Waals surface area contributed by atoms with Gasteiger partial charge in [-0.15, -0.1) is 0 Å². The van der Waals surface area contributed by atoms with Gasteiger partial charge in [-0.2, -0.15) is 0 Å². The number of fused-ring (bicyclic) bond motifs is 1. The van der Waals surface area contributed by atoms with E-state index in [1.54, 1.807) is 30.5 Å². The molecule has 2 aromatic carbocycles. The first kappa shape index (κ1) is 30.8. The number of rotatable bonds is 6. The Hall–Kier alpha value is -3.71. The molecule has 0 aliphatic heterocycles. The van der Waals surface area contributed by atoms with Gasteiger partial charge in [-0.25, -0.2) is 19.3 Å². The van der Waals surface area contributed by atoms with Crippen LogP contribution in [-0.4, -0.2) is 48.1 Å². The van der Waals surface area contributed by atoms with Crippen molar-refractivity contribution in [2.75, 3.05) is 23.5 Å². The normalized spacial score (nSPS) is 11.1. The third-order valence-electron chi connectivity index (χ3n) is 5.33. The number of ketones is 1. The maximum Gasteiger partial charge on any atom is 0.466 e. The van der Waals surface area contributed by atoms with Gasteiger partial charge in [0.1, 0.15) is 23.5 Å². The van der Waals surface area contributed by atoms with E-state index in [1.165, 1.54) is 25.6 Å². The molecule has 4 aromatic rings. The molecule has 2 amide bonds. The predicted octanol–water partition coefficient (Wildman–Crippen LogP) is 4.86. The summed E-state index contributed by atoms with van der Waals surface area (Å²) in [7, 11) is -3.18. The van der Waals surface area contributed by atoms with Crippen LogP contribution >= 0.6 is 31.0 Å². The number of nitrogens with one attached hydrogen (secondary N) is 2. The zero-order chi connectivity index (χ0) is 29.8. The average Bonchev–Trinajstić information content (AvgIpc) is 3.26. The van der Waals surface area contributed by atoms with Crippen molar-refractivity contribution in [2.45, 2.75) is 19.9 Å². The number of hydrogen-bond donors (Lipinski definition) is 6. The molecule has 0 bridgehead atoms. The van der Waals surface area contributed by atoms with Gasteiger partial charge in [0.2, 0.25) is 0 Å². The number of anilines is 3. The van der Waals surface area contributed by atoms with Crippen LogP contribution in [0.4, 0.5) is 22.0 Å². The van der Waals surface area contributed by atoms with Crippen LogP contribution in [0, 0.1) is 0 Å². The Labute approximate surface area is 238 Å². The summed E-state index contributed by atoms with van der Waals surface area (Å²) in [5.41, 5.74) is 8.01. The summed E-state index contributed by atoms with van der Waals surface area (Å²) in [5, 5.41) is 6.55. The highest BCUT2D eigenvalue weighted by molar-refractivity contribution is 7.45. The highest BCUT2D eigenvalue weighted by Gasteiger charge is 2.22. The SMILES string of the molecule is COc1ccc(C(=O)c2cn(C(C)C)c3ncnc(N)c23)cc1NC(=O)Nc1ccc(Cl)cc1Cl.O=P(O)(O)O. The Morgan fingerprint density at radius 2 is 1.70 bits per heavy atom. The van der Waals surface area contributed by atoms with Crippen LogP contribution in [0.2, 0.25) is 10.0 Å². The molecule has 16 heteroatoms. The van der Waals surface area contributed by atoms with E-state index >= 15 is 0 Å². The number of nitrogen functional groups attached to an aromatic ring is 1. The third-order valence-corrected chi connectivity index (χ3v) is 5.88. The van der Waals surface area contributed by atoms with E-state index in [-0.39, 0.29) is 28.4 Å². The van der Waals surface area contributed by atoms with Gasteiger partial charge in [-0.3, -0.25) is 4.79 Å². The molecule has 0 saturated carbocycles. The summed E-state index contributed by atoms with van der Waals surface area (Å²) in [6.07, 6.45) is 3.08. The van der Waals surface area contributed by atoms with Crippen molar-refractivity contribution in [1.29, 1.82) is 0 Å². The number of amides is 2. The summed E-state index contributed by atoms with van der Waals surface area (Å²) in [6, 6.07) is 8.91. The number of phosphoric acid groups is 1. The van der Waals surface area contributed by atoms with Crippen LogP contribution in [0.25, 0.3) is 11.0 Å². The Bertz CT molecular complexity index is 1610. The number of hydrogen-bond acceptors (Lipinski definition) is 7. The first-order chi connectivity index (χ1) is 18.7. The van der Waals surface area contributed by atoms with E-state index in [0.717, 1.165) is 0 Å². The molecule has 0 atom stereocenters. The van der Waals surface area contributed by atoms with Gasteiger partial charge >= 0.3 is 13.9 Å². The average molecular weight is 611 g/mol. The minimum absolute atomic E-state index is 0.0461. The molecule has 212 valence electrons. The molecular formula is C24H25Cl2N6O7P. The molecule has 40 heavy (non-hydrogen) atoms. The van der Waals surface area contributed by atoms with Crippen molar-refractivity contribution in [2.24, 2.45) is 0 Å². The van der Waals surface area contributed by atoms with Crippen LogP contribution in [-0.2, 0) is 4.57 Å². The Kier molecular flexibility index (Phi) is 9.74. The van der Waals surface area contributed by atoms with E-state index in [1.807, 2.05) is 18.4 Å². The van der Waals surface area contributed by atoms with Gasteiger partial charge in [0.15, 0.2) is 5.78 Å². The van der Waals surface area contributed by atoms with Gasteiger partial charge in [0.05, 0.1) is 34.5 Å². The number of methoxy groups -OCH3 is 1. The molecule has 0 radical (unpaired) electrons. The molecule has 2 heterocycles. The number of halogens is 2. The molecule has 0 aliphatic carbocycles. The quantitative estimate of drug-likeness (QED) is 0.129. The molecule has 0 fully saturated rings. The fourth-order valence-corrected chi connectivity index (χ4v) is 4.10. The van der Waals surface area contributed by atoms with Crippen molar-refractivity contribution >= 4 is 71.1 Å². The summed E-state index contributed by atoms with van der Waals surface area (Å²) in [4.78, 5) is 56.1. The second-order valence-electron chi connectivity index (χ2n) is 8.46. The van der Waals surface area contributed by atoms with Gasteiger partial charge in [0, 0.05) is 22.8 Å². The molecular weight excluding hydrogens is 586 g/mol. The summed E-state index contributed by atoms with van der Waals surface area (Å²) < 4.78 is 16.1. The number of carbonyl (C=O) groups excluding carboxylic acids is 2. The highest BCUT2D eigenvalue weighted by atomic mass is 35.5. The van der Waals surface area contributed by atoms with E-state index in [2.05, 4.69) is 20.6 Å². The molecule has 0 saturated heterocycles. The van der Waals surface area contributed by atoms with Gasteiger partial charge in [-0.05, 0) is 50.2 Å². The molecule has 0 unspecified atom stereocenters. The standard InChI is InChI=1S/C24H22Cl2N6O3.H3O4P/c1-12(2)32-10-15(20-22(27)28-11-29-23(20)32)21(33)13-4-7-19(35-3)18(8-13)31-24(34)30-17-6-5-14(25)9-16(17)26;1-5(2,3)4/h4-12H,1-3H3,(H2,27,28,29)(H2,30,31,34);(H3,1,2,3,4). The topological polar surface area (TPSA) is 202 Å².